The number of carbonyl (C=O) groups is 1. The highest BCUT2D eigenvalue weighted by Crippen LogP contribution is 2.32. The molecule has 1 aliphatic rings. The third kappa shape index (κ3) is 3.96. The molecule has 0 aromatic heterocycles. The van der Waals surface area contributed by atoms with Crippen molar-refractivity contribution in [1.29, 1.82) is 0 Å². The fraction of sp³-hybridized carbons (Fsp3) is 0.211. The molecule has 1 atom stereocenters. The van der Waals surface area contributed by atoms with Gasteiger partial charge in [-0.3, -0.25) is 4.79 Å². The number of amides is 1. The average Bonchev–Trinajstić information content (AvgIpc) is 2.62. The van der Waals surface area contributed by atoms with Crippen molar-refractivity contribution in [2.75, 3.05) is 13.2 Å². The molecule has 0 bridgehead atoms. The van der Waals surface area contributed by atoms with Crippen LogP contribution in [0.2, 0.25) is 0 Å². The first-order valence-corrected chi connectivity index (χ1v) is 7.87. The van der Waals surface area contributed by atoms with Crippen LogP contribution in [-0.2, 0) is 4.79 Å². The van der Waals surface area contributed by atoms with Crippen LogP contribution in [0.15, 0.2) is 42.5 Å². The number of carbonyl (C=O) groups excluding carboxylic acids is 1. The molecule has 1 aliphatic heterocycles. The zero-order valence-corrected chi connectivity index (χ0v) is 13.6. The maximum absolute atomic E-state index is 13.6. The molecule has 0 aliphatic carbocycles. The zero-order valence-electron chi connectivity index (χ0n) is 13.6. The Labute approximate surface area is 144 Å². The fourth-order valence-electron chi connectivity index (χ4n) is 2.49. The first-order chi connectivity index (χ1) is 12.0. The first-order valence-electron chi connectivity index (χ1n) is 7.87. The second kappa shape index (κ2) is 7.34. The van der Waals surface area contributed by atoms with Gasteiger partial charge >= 0.3 is 0 Å². The highest BCUT2D eigenvalue weighted by atomic mass is 19.2. The van der Waals surface area contributed by atoms with E-state index in [-0.39, 0.29) is 11.6 Å². The Kier molecular flexibility index (Phi) is 4.97. The van der Waals surface area contributed by atoms with E-state index in [1.165, 1.54) is 24.3 Å². The van der Waals surface area contributed by atoms with Crippen molar-refractivity contribution in [3.8, 4) is 11.5 Å². The van der Waals surface area contributed by atoms with Gasteiger partial charge in [0.15, 0.2) is 23.1 Å². The molecule has 0 spiro atoms. The predicted octanol–water partition coefficient (Wildman–Crippen LogP) is 3.63. The van der Waals surface area contributed by atoms with Gasteiger partial charge in [0.2, 0.25) is 5.91 Å². The normalized spacial score (nSPS) is 14.4. The van der Waals surface area contributed by atoms with Gasteiger partial charge in [-0.25, -0.2) is 8.78 Å². The van der Waals surface area contributed by atoms with E-state index in [4.69, 9.17) is 9.47 Å². The van der Waals surface area contributed by atoms with E-state index in [1.807, 2.05) is 19.1 Å². The minimum atomic E-state index is -0.980. The number of ether oxygens (including phenoxy) is 2. The Morgan fingerprint density at radius 1 is 1.16 bits per heavy atom. The van der Waals surface area contributed by atoms with Gasteiger partial charge in [0.1, 0.15) is 13.2 Å². The maximum Gasteiger partial charge on any atom is 0.244 e. The number of hydrogen-bond donors (Lipinski definition) is 1. The van der Waals surface area contributed by atoms with Crippen LogP contribution in [0.3, 0.4) is 0 Å². The topological polar surface area (TPSA) is 47.6 Å². The molecule has 25 heavy (non-hydrogen) atoms. The highest BCUT2D eigenvalue weighted by molar-refractivity contribution is 5.92. The number of fused-ring (bicyclic) bond motifs is 1. The molecule has 3 rings (SSSR count). The molecule has 6 heteroatoms. The molecule has 1 heterocycles. The van der Waals surface area contributed by atoms with Crippen molar-refractivity contribution in [3.05, 3.63) is 65.2 Å². The number of hydrogen-bond acceptors (Lipinski definition) is 3. The number of benzene rings is 2. The lowest BCUT2D eigenvalue weighted by molar-refractivity contribution is -0.117. The summed E-state index contributed by atoms with van der Waals surface area (Å²) in [7, 11) is 0. The zero-order chi connectivity index (χ0) is 17.8. The molecule has 0 saturated carbocycles. The molecule has 4 nitrogen and oxygen atoms in total. The molecule has 1 unspecified atom stereocenters. The summed E-state index contributed by atoms with van der Waals surface area (Å²) in [6, 6.07) is 8.97. The monoisotopic (exact) mass is 345 g/mol. The van der Waals surface area contributed by atoms with Gasteiger partial charge in [0.25, 0.3) is 0 Å². The van der Waals surface area contributed by atoms with Crippen LogP contribution in [0.25, 0.3) is 6.08 Å². The number of rotatable bonds is 4. The lowest BCUT2D eigenvalue weighted by Gasteiger charge is -2.20. The SMILES string of the molecule is CC(NC(=O)C=Cc1cccc(F)c1F)c1ccc2c(c1)OCCO2. The summed E-state index contributed by atoms with van der Waals surface area (Å²) in [4.78, 5) is 12.0. The van der Waals surface area contributed by atoms with Crippen molar-refractivity contribution >= 4 is 12.0 Å². The van der Waals surface area contributed by atoms with Crippen LogP contribution in [-0.4, -0.2) is 19.1 Å². The van der Waals surface area contributed by atoms with Crippen LogP contribution < -0.4 is 14.8 Å². The fourth-order valence-corrected chi connectivity index (χ4v) is 2.49. The number of halogens is 2. The molecule has 130 valence electrons. The molecule has 0 radical (unpaired) electrons. The largest absolute Gasteiger partial charge is 0.486 e. The van der Waals surface area contributed by atoms with Crippen LogP contribution in [0.4, 0.5) is 8.78 Å². The summed E-state index contributed by atoms with van der Waals surface area (Å²) in [5.41, 5.74) is 0.866. The second-order valence-electron chi connectivity index (χ2n) is 5.61. The Morgan fingerprint density at radius 3 is 2.72 bits per heavy atom. The molecule has 0 fully saturated rings. The van der Waals surface area contributed by atoms with E-state index in [2.05, 4.69) is 5.32 Å². The van der Waals surface area contributed by atoms with Gasteiger partial charge in [-0.15, -0.1) is 0 Å². The Morgan fingerprint density at radius 2 is 1.92 bits per heavy atom. The first kappa shape index (κ1) is 17.0. The molecular weight excluding hydrogens is 328 g/mol. The van der Waals surface area contributed by atoms with Crippen molar-refractivity contribution in [2.24, 2.45) is 0 Å². The molecule has 2 aromatic carbocycles. The van der Waals surface area contributed by atoms with E-state index in [1.54, 1.807) is 6.07 Å². The summed E-state index contributed by atoms with van der Waals surface area (Å²) >= 11 is 0. The minimum absolute atomic E-state index is 0.0159. The third-order valence-electron chi connectivity index (χ3n) is 3.82. The van der Waals surface area contributed by atoms with Gasteiger partial charge in [-0.05, 0) is 36.8 Å². The van der Waals surface area contributed by atoms with Crippen molar-refractivity contribution in [3.63, 3.8) is 0 Å². The van der Waals surface area contributed by atoms with Crippen LogP contribution in [0.5, 0.6) is 11.5 Å². The van der Waals surface area contributed by atoms with Gasteiger partial charge in [-0.2, -0.15) is 0 Å². The van der Waals surface area contributed by atoms with Gasteiger partial charge in [-0.1, -0.05) is 18.2 Å². The molecule has 2 aromatic rings. The Hall–Kier alpha value is -2.89. The molecular formula is C19H17F2NO3. The molecule has 1 amide bonds. The van der Waals surface area contributed by atoms with Gasteiger partial charge < -0.3 is 14.8 Å². The van der Waals surface area contributed by atoms with Crippen LogP contribution >= 0.6 is 0 Å². The van der Waals surface area contributed by atoms with E-state index in [0.29, 0.717) is 24.7 Å². The van der Waals surface area contributed by atoms with Crippen LogP contribution in [0.1, 0.15) is 24.1 Å². The average molecular weight is 345 g/mol. The lowest BCUT2D eigenvalue weighted by Crippen LogP contribution is -2.25. The third-order valence-corrected chi connectivity index (χ3v) is 3.82. The summed E-state index contributed by atoms with van der Waals surface area (Å²) < 4.78 is 37.7. The van der Waals surface area contributed by atoms with Crippen LogP contribution in [0, 0.1) is 11.6 Å². The second-order valence-corrected chi connectivity index (χ2v) is 5.61. The van der Waals surface area contributed by atoms with E-state index >= 15 is 0 Å². The maximum atomic E-state index is 13.6. The standard InChI is InChI=1S/C19H17F2NO3/c1-12(14-5-7-16-17(11-14)25-10-9-24-16)22-18(23)8-6-13-3-2-4-15(20)19(13)21/h2-8,11-12H,9-10H2,1H3,(H,22,23). The lowest BCUT2D eigenvalue weighted by atomic mass is 10.1. The van der Waals surface area contributed by atoms with E-state index in [9.17, 15) is 13.6 Å². The summed E-state index contributed by atoms with van der Waals surface area (Å²) in [5, 5.41) is 2.77. The predicted molar refractivity (Wildman–Crippen MR) is 89.4 cm³/mol. The smallest absolute Gasteiger partial charge is 0.244 e. The summed E-state index contributed by atoms with van der Waals surface area (Å²) in [6.07, 6.45) is 2.41. The number of nitrogens with one attached hydrogen (secondary N) is 1. The Balaban J connectivity index is 1.66. The quantitative estimate of drug-likeness (QED) is 0.861. The van der Waals surface area contributed by atoms with Crippen molar-refractivity contribution in [1.82, 2.24) is 5.32 Å². The summed E-state index contributed by atoms with van der Waals surface area (Å²) in [5.74, 6) is -1.03. The van der Waals surface area contributed by atoms with Crippen molar-refractivity contribution in [2.45, 2.75) is 13.0 Å². The minimum Gasteiger partial charge on any atom is -0.486 e. The van der Waals surface area contributed by atoms with Crippen molar-refractivity contribution < 1.29 is 23.0 Å². The summed E-state index contributed by atoms with van der Waals surface area (Å²) in [6.45, 7) is 2.82. The van der Waals surface area contributed by atoms with Gasteiger partial charge in [0.05, 0.1) is 6.04 Å². The molecule has 0 saturated heterocycles. The van der Waals surface area contributed by atoms with E-state index < -0.39 is 17.5 Å². The van der Waals surface area contributed by atoms with E-state index in [0.717, 1.165) is 11.6 Å². The Bertz CT molecular complexity index is 820. The molecule has 1 N–H and O–H groups in total. The highest BCUT2D eigenvalue weighted by Gasteiger charge is 2.15. The van der Waals surface area contributed by atoms with Gasteiger partial charge in [0, 0.05) is 11.6 Å².